The highest BCUT2D eigenvalue weighted by Gasteiger charge is 2.34. The number of aliphatic hydroxyl groups excluding tert-OH is 1. The van der Waals surface area contributed by atoms with E-state index in [9.17, 15) is 9.90 Å². The average molecular weight is 451 g/mol. The summed E-state index contributed by atoms with van der Waals surface area (Å²) in [5, 5.41) is 16.1. The second-order valence-corrected chi connectivity index (χ2v) is 9.07. The lowest BCUT2D eigenvalue weighted by molar-refractivity contribution is -0.0209. The van der Waals surface area contributed by atoms with Crippen LogP contribution in [-0.4, -0.2) is 46.8 Å². The van der Waals surface area contributed by atoms with E-state index < -0.39 is 12.0 Å². The summed E-state index contributed by atoms with van der Waals surface area (Å²) in [6.07, 6.45) is 1.44. The highest BCUT2D eigenvalue weighted by molar-refractivity contribution is 7.07. The molecule has 2 atom stereocenters. The van der Waals surface area contributed by atoms with Crippen LogP contribution in [0.25, 0.3) is 11.3 Å². The predicted molar refractivity (Wildman–Crippen MR) is 123 cm³/mol. The summed E-state index contributed by atoms with van der Waals surface area (Å²) in [6, 6.07) is 8.38. The lowest BCUT2D eigenvalue weighted by Crippen LogP contribution is -2.35. The van der Waals surface area contributed by atoms with Crippen LogP contribution in [0.2, 0.25) is 0 Å². The van der Waals surface area contributed by atoms with E-state index >= 15 is 0 Å². The number of carbonyl (C=O) groups is 1. The van der Waals surface area contributed by atoms with E-state index in [0.717, 1.165) is 46.6 Å². The fourth-order valence-corrected chi connectivity index (χ4v) is 5.37. The van der Waals surface area contributed by atoms with Gasteiger partial charge in [0.25, 0.3) is 5.91 Å². The number of benzene rings is 1. The number of fused-ring (bicyclic) bond motifs is 1. The molecule has 2 aliphatic rings. The maximum Gasteiger partial charge on any atom is 0.267 e. The Kier molecular flexibility index (Phi) is 6.01. The van der Waals surface area contributed by atoms with Crippen molar-refractivity contribution < 1.29 is 14.6 Å². The molecule has 0 radical (unpaired) electrons. The molecule has 3 aromatic rings. The Labute approximate surface area is 190 Å². The summed E-state index contributed by atoms with van der Waals surface area (Å²) in [7, 11) is 0. The van der Waals surface area contributed by atoms with Crippen molar-refractivity contribution in [3.63, 3.8) is 0 Å². The Balaban J connectivity index is 1.60. The van der Waals surface area contributed by atoms with Gasteiger partial charge in [0.1, 0.15) is 5.69 Å². The molecule has 0 saturated carbocycles. The molecule has 0 aliphatic carbocycles. The summed E-state index contributed by atoms with van der Waals surface area (Å²) >= 11 is 1.58. The van der Waals surface area contributed by atoms with Gasteiger partial charge in [-0.1, -0.05) is 24.3 Å². The zero-order valence-electron chi connectivity index (χ0n) is 17.7. The summed E-state index contributed by atoms with van der Waals surface area (Å²) in [6.45, 7) is 2.27. The number of nitrogens with zero attached hydrogens (tertiary/aromatic N) is 2. The highest BCUT2D eigenvalue weighted by atomic mass is 32.1. The molecule has 1 fully saturated rings. The first-order valence-corrected chi connectivity index (χ1v) is 11.8. The van der Waals surface area contributed by atoms with Crippen molar-refractivity contribution in [2.75, 3.05) is 19.8 Å². The standard InChI is InChI=1S/C24H26N4O3S/c25-24(30)23-22(17-6-8-31-11-21(17)29)18(16-5-7-26-10-19(16)28-23)9-14-1-3-15(4-2-14)20-12-32-13-27-20/h1-4,12-13,17,21,26,29H,5-11H2,(H2,25,30). The van der Waals surface area contributed by atoms with Crippen LogP contribution >= 0.6 is 11.3 Å². The molecule has 2 unspecified atom stereocenters. The number of aromatic nitrogens is 2. The molecule has 4 N–H and O–H groups in total. The Morgan fingerprint density at radius 2 is 2.16 bits per heavy atom. The summed E-state index contributed by atoms with van der Waals surface area (Å²) in [5.41, 5.74) is 15.0. The zero-order valence-corrected chi connectivity index (χ0v) is 18.5. The second-order valence-electron chi connectivity index (χ2n) is 8.35. The molecule has 4 heterocycles. The van der Waals surface area contributed by atoms with E-state index in [-0.39, 0.29) is 18.2 Å². The number of carbonyl (C=O) groups excluding carboxylic acids is 1. The molecule has 1 saturated heterocycles. The largest absolute Gasteiger partial charge is 0.390 e. The number of hydrogen-bond acceptors (Lipinski definition) is 7. The summed E-state index contributed by atoms with van der Waals surface area (Å²) in [4.78, 5) is 21.5. The van der Waals surface area contributed by atoms with Crippen LogP contribution in [0.5, 0.6) is 0 Å². The fourth-order valence-electron chi connectivity index (χ4n) is 4.81. The quantitative estimate of drug-likeness (QED) is 0.551. The molecule has 5 rings (SSSR count). The number of primary amides is 1. The van der Waals surface area contributed by atoms with Crippen LogP contribution in [0.1, 0.15) is 50.8 Å². The third-order valence-corrected chi connectivity index (χ3v) is 6.96. The molecule has 7 nitrogen and oxygen atoms in total. The number of pyridine rings is 1. The van der Waals surface area contributed by atoms with Crippen molar-refractivity contribution in [2.24, 2.45) is 5.73 Å². The molecule has 166 valence electrons. The van der Waals surface area contributed by atoms with Crippen LogP contribution < -0.4 is 11.1 Å². The van der Waals surface area contributed by atoms with Gasteiger partial charge in [0, 0.05) is 30.0 Å². The number of aliphatic hydroxyl groups is 1. The molecule has 2 aromatic heterocycles. The van der Waals surface area contributed by atoms with Crippen LogP contribution in [0.4, 0.5) is 0 Å². The van der Waals surface area contributed by atoms with Crippen LogP contribution in [0.3, 0.4) is 0 Å². The van der Waals surface area contributed by atoms with Crippen molar-refractivity contribution in [1.82, 2.24) is 15.3 Å². The number of thiazole rings is 1. The molecular weight excluding hydrogens is 424 g/mol. The minimum absolute atomic E-state index is 0.219. The molecule has 0 spiro atoms. The van der Waals surface area contributed by atoms with Gasteiger partial charge in [-0.05, 0) is 48.1 Å². The number of ether oxygens (including phenoxy) is 1. The van der Waals surface area contributed by atoms with Crippen molar-refractivity contribution in [1.29, 1.82) is 0 Å². The maximum atomic E-state index is 12.5. The monoisotopic (exact) mass is 450 g/mol. The topological polar surface area (TPSA) is 110 Å². The van der Waals surface area contributed by atoms with Crippen molar-refractivity contribution in [2.45, 2.75) is 37.8 Å². The number of nitrogens with one attached hydrogen (secondary N) is 1. The molecule has 32 heavy (non-hydrogen) atoms. The lowest BCUT2D eigenvalue weighted by Gasteiger charge is -2.33. The molecule has 1 aromatic carbocycles. The SMILES string of the molecule is NC(=O)c1nc2c(c(Cc3ccc(-c4cscn4)cc3)c1C1CCOCC1O)CCNC2. The normalized spacial score (nSPS) is 20.7. The van der Waals surface area contributed by atoms with Gasteiger partial charge in [0.2, 0.25) is 0 Å². The smallest absolute Gasteiger partial charge is 0.267 e. The Morgan fingerprint density at radius 1 is 1.31 bits per heavy atom. The van der Waals surface area contributed by atoms with E-state index in [0.29, 0.717) is 26.0 Å². The van der Waals surface area contributed by atoms with Gasteiger partial charge in [-0.3, -0.25) is 4.79 Å². The van der Waals surface area contributed by atoms with Gasteiger partial charge in [0.15, 0.2) is 0 Å². The number of rotatable bonds is 5. The van der Waals surface area contributed by atoms with Crippen LogP contribution in [-0.2, 0) is 24.1 Å². The van der Waals surface area contributed by atoms with Gasteiger partial charge in [-0.25, -0.2) is 9.97 Å². The fraction of sp³-hybridized carbons (Fsp3) is 0.375. The van der Waals surface area contributed by atoms with Gasteiger partial charge < -0.3 is 20.9 Å². The second kappa shape index (κ2) is 9.07. The van der Waals surface area contributed by atoms with Gasteiger partial charge in [-0.15, -0.1) is 11.3 Å². The first kappa shape index (κ1) is 21.2. The van der Waals surface area contributed by atoms with E-state index in [1.54, 1.807) is 11.3 Å². The lowest BCUT2D eigenvalue weighted by atomic mass is 9.80. The van der Waals surface area contributed by atoms with E-state index in [1.807, 2.05) is 10.9 Å². The number of nitrogens with two attached hydrogens (primary N) is 1. The molecular formula is C24H26N4O3S. The molecule has 0 bridgehead atoms. The first-order valence-electron chi connectivity index (χ1n) is 10.9. The minimum atomic E-state index is -0.686. The van der Waals surface area contributed by atoms with Crippen LogP contribution in [0, 0.1) is 0 Å². The van der Waals surface area contributed by atoms with Crippen molar-refractivity contribution in [3.8, 4) is 11.3 Å². The Morgan fingerprint density at radius 3 is 2.88 bits per heavy atom. The summed E-state index contributed by atoms with van der Waals surface area (Å²) in [5.74, 6) is -0.768. The van der Waals surface area contributed by atoms with E-state index in [4.69, 9.17) is 10.5 Å². The van der Waals surface area contributed by atoms with E-state index in [2.05, 4.69) is 39.6 Å². The van der Waals surface area contributed by atoms with Gasteiger partial charge >= 0.3 is 0 Å². The predicted octanol–water partition coefficient (Wildman–Crippen LogP) is 2.41. The summed E-state index contributed by atoms with van der Waals surface area (Å²) < 4.78 is 5.45. The zero-order chi connectivity index (χ0) is 22.1. The van der Waals surface area contributed by atoms with Crippen molar-refractivity contribution >= 4 is 17.2 Å². The van der Waals surface area contributed by atoms with E-state index in [1.165, 1.54) is 5.56 Å². The molecule has 1 amide bonds. The average Bonchev–Trinajstić information content (AvgIpc) is 3.35. The Bertz CT molecular complexity index is 1120. The third-order valence-electron chi connectivity index (χ3n) is 6.38. The van der Waals surface area contributed by atoms with Crippen molar-refractivity contribution in [3.05, 3.63) is 68.8 Å². The molecule has 2 aliphatic heterocycles. The number of amides is 1. The first-order chi connectivity index (χ1) is 15.6. The Hall–Kier alpha value is -2.65. The third kappa shape index (κ3) is 4.06. The number of hydrogen-bond donors (Lipinski definition) is 3. The van der Waals surface area contributed by atoms with Gasteiger partial charge in [-0.2, -0.15) is 0 Å². The van der Waals surface area contributed by atoms with Gasteiger partial charge in [0.05, 0.1) is 29.6 Å². The highest BCUT2D eigenvalue weighted by Crippen LogP contribution is 2.36. The minimum Gasteiger partial charge on any atom is -0.390 e. The maximum absolute atomic E-state index is 12.5. The van der Waals surface area contributed by atoms with Crippen LogP contribution in [0.15, 0.2) is 35.2 Å². The molecule has 8 heteroatoms.